The number of nitrogens with one attached hydrogen (secondary N) is 2. The number of rotatable bonds is 10. The molecule has 0 bridgehead atoms. The van der Waals surface area contributed by atoms with Crippen LogP contribution in [0.1, 0.15) is 59.6 Å². The molecule has 4 aromatic rings. The number of benzene rings is 4. The van der Waals surface area contributed by atoms with Crippen molar-refractivity contribution in [1.29, 1.82) is 0 Å². The minimum absolute atomic E-state index is 0.283. The molecule has 9 heteroatoms. The van der Waals surface area contributed by atoms with Gasteiger partial charge in [-0.1, -0.05) is 58.4 Å². The van der Waals surface area contributed by atoms with E-state index in [9.17, 15) is 19.5 Å². The van der Waals surface area contributed by atoms with Gasteiger partial charge in [0.05, 0.1) is 18.1 Å². The smallest absolute Gasteiger partial charge is 0.235 e. The largest absolute Gasteiger partial charge is 0.490 e. The minimum atomic E-state index is -1.76. The average Bonchev–Trinajstić information content (AvgIpc) is 3.04. The summed E-state index contributed by atoms with van der Waals surface area (Å²) >= 11 is 3.45. The van der Waals surface area contributed by atoms with E-state index >= 15 is 0 Å². The molecule has 0 saturated heterocycles. The number of aryl methyl sites for hydroxylation is 2. The van der Waals surface area contributed by atoms with Crippen molar-refractivity contribution in [3.8, 4) is 11.5 Å². The van der Waals surface area contributed by atoms with Crippen LogP contribution in [0.2, 0.25) is 0 Å². The summed E-state index contributed by atoms with van der Waals surface area (Å²) in [4.78, 5) is 42.5. The van der Waals surface area contributed by atoms with Gasteiger partial charge in [-0.3, -0.25) is 14.4 Å². The summed E-state index contributed by atoms with van der Waals surface area (Å²) in [6, 6.07) is 24.1. The zero-order chi connectivity index (χ0) is 35.5. The van der Waals surface area contributed by atoms with Gasteiger partial charge in [0.25, 0.3) is 0 Å². The number of hydrogen-bond donors (Lipinski definition) is 3. The minimum Gasteiger partial charge on any atom is -0.490 e. The summed E-state index contributed by atoms with van der Waals surface area (Å²) in [5, 5.41) is 17.8. The zero-order valence-electron chi connectivity index (χ0n) is 28.7. The van der Waals surface area contributed by atoms with E-state index in [2.05, 4.69) is 26.6 Å². The Morgan fingerprint density at radius 1 is 0.837 bits per heavy atom. The fourth-order valence-electron chi connectivity index (χ4n) is 6.55. The van der Waals surface area contributed by atoms with Gasteiger partial charge in [-0.2, -0.15) is 0 Å². The maximum absolute atomic E-state index is 14.3. The first-order valence-electron chi connectivity index (χ1n) is 16.4. The van der Waals surface area contributed by atoms with Gasteiger partial charge < -0.3 is 25.2 Å². The quantitative estimate of drug-likeness (QED) is 0.143. The van der Waals surface area contributed by atoms with Gasteiger partial charge in [0.2, 0.25) is 11.8 Å². The van der Waals surface area contributed by atoms with Crippen LogP contribution in [0.15, 0.2) is 83.3 Å². The molecule has 5 rings (SSSR count). The summed E-state index contributed by atoms with van der Waals surface area (Å²) in [6.07, 6.45) is -0.369. The molecule has 3 N–H and O–H groups in total. The molecule has 0 aliphatic heterocycles. The van der Waals surface area contributed by atoms with Crippen molar-refractivity contribution in [1.82, 2.24) is 0 Å². The average molecular weight is 728 g/mol. The molecule has 4 unspecified atom stereocenters. The van der Waals surface area contributed by atoms with Crippen LogP contribution in [0.25, 0.3) is 0 Å². The number of Topliss-reactive ketones (excluding diaryl/α,β-unsaturated/α-hetero) is 1. The first-order valence-corrected chi connectivity index (χ1v) is 17.2. The fraction of sp³-hybridized carbons (Fsp3) is 0.325. The zero-order valence-corrected chi connectivity index (χ0v) is 30.3. The third-order valence-corrected chi connectivity index (χ3v) is 10.0. The van der Waals surface area contributed by atoms with Crippen LogP contribution >= 0.6 is 15.9 Å². The molecule has 0 radical (unpaired) electrons. The second kappa shape index (κ2) is 15.0. The van der Waals surface area contributed by atoms with Crippen molar-refractivity contribution >= 4 is 44.9 Å². The molecule has 0 heterocycles. The van der Waals surface area contributed by atoms with Crippen LogP contribution in [0.5, 0.6) is 11.5 Å². The topological polar surface area (TPSA) is 114 Å². The van der Waals surface area contributed by atoms with Crippen molar-refractivity contribution in [2.24, 2.45) is 11.8 Å². The molecule has 1 aliphatic carbocycles. The number of hydrogen-bond acceptors (Lipinski definition) is 6. The Labute approximate surface area is 296 Å². The molecule has 2 amide bonds. The number of ketones is 1. The number of amides is 2. The van der Waals surface area contributed by atoms with Crippen LogP contribution in [0, 0.1) is 39.5 Å². The molecular weight excluding hydrogens is 684 g/mol. The lowest BCUT2D eigenvalue weighted by Gasteiger charge is -2.44. The van der Waals surface area contributed by atoms with E-state index in [1.807, 2.05) is 83.1 Å². The van der Waals surface area contributed by atoms with Gasteiger partial charge in [-0.15, -0.1) is 0 Å². The Hall–Kier alpha value is -4.47. The molecule has 0 aromatic heterocycles. The van der Waals surface area contributed by atoms with Crippen LogP contribution < -0.4 is 20.1 Å². The number of halogens is 1. The molecule has 1 saturated carbocycles. The van der Waals surface area contributed by atoms with Crippen LogP contribution in [0.3, 0.4) is 0 Å². The maximum Gasteiger partial charge on any atom is 0.235 e. The SMILES string of the molecule is CCOc1cc(C2C(C(=O)Nc3cccc(C)c3C)C(=O)CC(C)(O)C2C(=O)Nc2cccc(C)c2C)ccc1OCc1ccc(Br)cc1. The molecule has 4 aromatic carbocycles. The van der Waals surface area contributed by atoms with Crippen LogP contribution in [-0.2, 0) is 21.0 Å². The summed E-state index contributed by atoms with van der Waals surface area (Å²) in [5.74, 6) is -4.12. The van der Waals surface area contributed by atoms with Crippen LogP contribution in [-0.4, -0.2) is 34.9 Å². The Morgan fingerprint density at radius 3 is 2.02 bits per heavy atom. The third-order valence-electron chi connectivity index (χ3n) is 9.52. The molecule has 4 atom stereocenters. The van der Waals surface area contributed by atoms with Gasteiger partial charge in [0.15, 0.2) is 11.5 Å². The number of aliphatic hydroxyl groups is 1. The highest BCUT2D eigenvalue weighted by atomic mass is 79.9. The van der Waals surface area contributed by atoms with E-state index in [-0.39, 0.29) is 13.0 Å². The highest BCUT2D eigenvalue weighted by Gasteiger charge is 2.56. The summed E-state index contributed by atoms with van der Waals surface area (Å²) < 4.78 is 13.1. The van der Waals surface area contributed by atoms with Crippen molar-refractivity contribution in [2.75, 3.05) is 17.2 Å². The molecule has 8 nitrogen and oxygen atoms in total. The van der Waals surface area contributed by atoms with Crippen molar-refractivity contribution < 1.29 is 29.0 Å². The van der Waals surface area contributed by atoms with Gasteiger partial charge in [-0.05, 0) is 111 Å². The monoisotopic (exact) mass is 726 g/mol. The number of ether oxygens (including phenoxy) is 2. The van der Waals surface area contributed by atoms with Crippen LogP contribution in [0.4, 0.5) is 11.4 Å². The Morgan fingerprint density at radius 2 is 1.43 bits per heavy atom. The van der Waals surface area contributed by atoms with Gasteiger partial charge in [-0.25, -0.2) is 0 Å². The lowest BCUT2D eigenvalue weighted by atomic mass is 9.61. The van der Waals surface area contributed by atoms with Gasteiger partial charge >= 0.3 is 0 Å². The van der Waals surface area contributed by atoms with Gasteiger partial charge in [0.1, 0.15) is 18.3 Å². The van der Waals surface area contributed by atoms with E-state index in [4.69, 9.17) is 9.47 Å². The molecule has 1 fully saturated rings. The normalized spacial score (nSPS) is 20.4. The number of anilines is 2. The van der Waals surface area contributed by atoms with Crippen molar-refractivity contribution in [2.45, 2.75) is 66.1 Å². The Bertz CT molecular complexity index is 1870. The van der Waals surface area contributed by atoms with E-state index in [0.717, 1.165) is 32.3 Å². The van der Waals surface area contributed by atoms with E-state index in [1.54, 1.807) is 30.3 Å². The number of carbonyl (C=O) groups excluding carboxylic acids is 3. The maximum atomic E-state index is 14.3. The molecule has 49 heavy (non-hydrogen) atoms. The third kappa shape index (κ3) is 7.89. The molecular formula is C40H43BrN2O6. The standard InChI is InChI=1S/C40H43BrN2O6/c1-7-48-34-20-28(16-19-33(34)49-22-27-14-17-29(41)18-15-27)35-36(38(45)42-30-12-8-10-23(2)25(30)4)32(44)21-40(6,47)37(35)39(46)43-31-13-9-11-24(3)26(31)5/h8-20,35-37,47H,7,21-22H2,1-6H3,(H,42,45)(H,43,46). The lowest BCUT2D eigenvalue weighted by molar-refractivity contribution is -0.150. The lowest BCUT2D eigenvalue weighted by Crippen LogP contribution is -2.56. The van der Waals surface area contributed by atoms with E-state index in [1.165, 1.54) is 6.92 Å². The second-order valence-corrected chi connectivity index (χ2v) is 13.9. The molecule has 256 valence electrons. The van der Waals surface area contributed by atoms with Crippen molar-refractivity contribution in [3.63, 3.8) is 0 Å². The van der Waals surface area contributed by atoms with E-state index < -0.39 is 41.0 Å². The van der Waals surface area contributed by atoms with E-state index in [0.29, 0.717) is 35.0 Å². The second-order valence-electron chi connectivity index (χ2n) is 13.0. The van der Waals surface area contributed by atoms with Gasteiger partial charge in [0, 0.05) is 28.2 Å². The fourth-order valence-corrected chi connectivity index (χ4v) is 6.81. The first kappa shape index (κ1) is 35.8. The predicted octanol–water partition coefficient (Wildman–Crippen LogP) is 7.98. The Kier molecular flexibility index (Phi) is 10.9. The first-order chi connectivity index (χ1) is 23.3. The highest BCUT2D eigenvalue weighted by Crippen LogP contribution is 2.48. The summed E-state index contributed by atoms with van der Waals surface area (Å²) in [6.45, 7) is 11.7. The molecule has 0 spiro atoms. The van der Waals surface area contributed by atoms with Crippen molar-refractivity contribution in [3.05, 3.63) is 117 Å². The number of carbonyl (C=O) groups is 3. The predicted molar refractivity (Wildman–Crippen MR) is 195 cm³/mol. The Balaban J connectivity index is 1.59. The molecule has 1 aliphatic rings. The highest BCUT2D eigenvalue weighted by molar-refractivity contribution is 9.10. The summed E-state index contributed by atoms with van der Waals surface area (Å²) in [5.41, 5.74) is 4.60. The summed E-state index contributed by atoms with van der Waals surface area (Å²) in [7, 11) is 0.